The fraction of sp³-hybridized carbons (Fsp3) is 0.333. The largest absolute Gasteiger partial charge is 0.496 e. The molecule has 3 aromatic rings. The first-order valence-electron chi connectivity index (χ1n) is 9.98. The minimum atomic E-state index is -3.84. The number of hydrogen-bond acceptors (Lipinski definition) is 6. The highest BCUT2D eigenvalue weighted by Gasteiger charge is 2.35. The van der Waals surface area contributed by atoms with Crippen LogP contribution in [0.15, 0.2) is 58.2 Å². The second-order valence-electron chi connectivity index (χ2n) is 7.32. The van der Waals surface area contributed by atoms with Crippen molar-refractivity contribution in [1.82, 2.24) is 19.8 Å². The van der Waals surface area contributed by atoms with Gasteiger partial charge >= 0.3 is 0 Å². The van der Waals surface area contributed by atoms with Crippen molar-refractivity contribution in [3.05, 3.63) is 54.2 Å². The van der Waals surface area contributed by atoms with Gasteiger partial charge in [0.25, 0.3) is 10.0 Å². The van der Waals surface area contributed by atoms with Gasteiger partial charge in [-0.3, -0.25) is 9.89 Å². The molecule has 0 saturated carbocycles. The highest BCUT2D eigenvalue weighted by molar-refractivity contribution is 7.89. The molecule has 1 atom stereocenters. The number of hydrogen-bond donors (Lipinski definition) is 2. The van der Waals surface area contributed by atoms with Crippen molar-refractivity contribution >= 4 is 15.9 Å². The van der Waals surface area contributed by atoms with Gasteiger partial charge in [-0.1, -0.05) is 18.2 Å². The van der Waals surface area contributed by atoms with Crippen LogP contribution in [-0.4, -0.2) is 49.0 Å². The van der Waals surface area contributed by atoms with Crippen molar-refractivity contribution in [1.29, 1.82) is 0 Å². The third-order valence-electron chi connectivity index (χ3n) is 5.34. The molecule has 0 bridgehead atoms. The van der Waals surface area contributed by atoms with Crippen molar-refractivity contribution in [3.63, 3.8) is 0 Å². The molecule has 0 spiro atoms. The lowest BCUT2D eigenvalue weighted by Gasteiger charge is -2.30. The number of aromatic amines is 1. The lowest BCUT2D eigenvalue weighted by atomic mass is 9.98. The van der Waals surface area contributed by atoms with Gasteiger partial charge in [0.2, 0.25) is 11.0 Å². The Labute approximate surface area is 180 Å². The van der Waals surface area contributed by atoms with Crippen molar-refractivity contribution in [2.75, 3.05) is 20.2 Å². The van der Waals surface area contributed by atoms with Gasteiger partial charge in [-0.2, -0.15) is 9.40 Å². The Kier molecular flexibility index (Phi) is 6.10. The second kappa shape index (κ2) is 8.94. The van der Waals surface area contributed by atoms with E-state index in [1.165, 1.54) is 10.4 Å². The number of amides is 1. The van der Waals surface area contributed by atoms with E-state index in [9.17, 15) is 13.2 Å². The van der Waals surface area contributed by atoms with E-state index in [0.717, 1.165) is 5.56 Å². The third kappa shape index (κ3) is 4.49. The molecule has 31 heavy (non-hydrogen) atoms. The molecule has 1 aliphatic heterocycles. The molecule has 3 heterocycles. The molecular formula is C21H24N4O5S. The predicted octanol–water partition coefficient (Wildman–Crippen LogP) is 2.40. The maximum absolute atomic E-state index is 13.1. The number of nitrogens with zero attached hydrogens (tertiary/aromatic N) is 2. The summed E-state index contributed by atoms with van der Waals surface area (Å²) in [5, 5.41) is 9.34. The first kappa shape index (κ1) is 21.1. The van der Waals surface area contributed by atoms with Crippen molar-refractivity contribution < 1.29 is 22.4 Å². The Balaban J connectivity index is 1.42. The molecule has 1 unspecified atom stereocenters. The number of piperidine rings is 1. The van der Waals surface area contributed by atoms with E-state index >= 15 is 0 Å². The molecule has 1 amide bonds. The fourth-order valence-corrected chi connectivity index (χ4v) is 5.11. The van der Waals surface area contributed by atoms with E-state index in [0.29, 0.717) is 43.1 Å². The van der Waals surface area contributed by atoms with Crippen molar-refractivity contribution in [2.45, 2.75) is 24.5 Å². The Morgan fingerprint density at radius 2 is 2.13 bits per heavy atom. The molecule has 9 nitrogen and oxygen atoms in total. The molecule has 164 valence electrons. The minimum Gasteiger partial charge on any atom is -0.496 e. The first-order valence-corrected chi connectivity index (χ1v) is 11.4. The zero-order valence-electron chi connectivity index (χ0n) is 17.1. The summed E-state index contributed by atoms with van der Waals surface area (Å²) in [4.78, 5) is 12.7. The number of sulfonamides is 1. The number of ether oxygens (including phenoxy) is 1. The molecule has 1 aromatic carbocycles. The summed E-state index contributed by atoms with van der Waals surface area (Å²) in [5.41, 5.74) is 1.45. The number of nitrogens with one attached hydrogen (secondary N) is 2. The Hall–Kier alpha value is -3.11. The van der Waals surface area contributed by atoms with Crippen LogP contribution in [0.2, 0.25) is 0 Å². The third-order valence-corrected chi connectivity index (χ3v) is 7.08. The molecule has 0 aliphatic carbocycles. The topological polar surface area (TPSA) is 118 Å². The van der Waals surface area contributed by atoms with Gasteiger partial charge in [-0.05, 0) is 37.1 Å². The molecule has 1 saturated heterocycles. The van der Waals surface area contributed by atoms with Crippen LogP contribution in [0.25, 0.3) is 11.5 Å². The molecule has 2 N–H and O–H groups in total. The summed E-state index contributed by atoms with van der Waals surface area (Å²) < 4.78 is 38.3. The summed E-state index contributed by atoms with van der Waals surface area (Å²) in [5.74, 6) is 0.476. The molecule has 4 rings (SSSR count). The molecule has 0 radical (unpaired) electrons. The van der Waals surface area contributed by atoms with E-state index < -0.39 is 15.9 Å². The average Bonchev–Trinajstić information content (AvgIpc) is 3.50. The van der Waals surface area contributed by atoms with Crippen LogP contribution < -0.4 is 10.1 Å². The van der Waals surface area contributed by atoms with E-state index in [-0.39, 0.29) is 17.5 Å². The summed E-state index contributed by atoms with van der Waals surface area (Å²) in [7, 11) is -2.26. The molecule has 10 heteroatoms. The summed E-state index contributed by atoms with van der Waals surface area (Å²) in [6, 6.07) is 12.2. The molecule has 2 aromatic heterocycles. The predicted molar refractivity (Wildman–Crippen MR) is 113 cm³/mol. The van der Waals surface area contributed by atoms with Gasteiger partial charge in [-0.15, -0.1) is 0 Å². The first-order chi connectivity index (χ1) is 15.0. The maximum Gasteiger partial charge on any atom is 0.276 e. The number of para-hydroxylation sites is 1. The Bertz CT molecular complexity index is 1140. The summed E-state index contributed by atoms with van der Waals surface area (Å²) in [6.45, 7) is 0.775. The standard InChI is InChI=1S/C21H24N4O5S/c1-29-18-7-3-2-5-15(18)13-22-21(26)16-6-4-12-25(14-16)31(27,28)20-9-8-19(30-20)17-10-11-23-24-17/h2-3,5,7-11,16H,4,6,12-14H2,1H3,(H,22,26)(H,23,24). The average molecular weight is 445 g/mol. The minimum absolute atomic E-state index is 0.111. The van der Waals surface area contributed by atoms with Crippen molar-refractivity contribution in [2.24, 2.45) is 5.92 Å². The highest BCUT2D eigenvalue weighted by atomic mass is 32.2. The van der Waals surface area contributed by atoms with Gasteiger partial charge in [0.05, 0.1) is 13.0 Å². The van der Waals surface area contributed by atoms with Gasteiger partial charge in [0.15, 0.2) is 5.76 Å². The number of carbonyl (C=O) groups is 1. The van der Waals surface area contributed by atoms with Gasteiger partial charge < -0.3 is 14.5 Å². The molecule has 1 fully saturated rings. The number of carbonyl (C=O) groups excluding carboxylic acids is 1. The van der Waals surface area contributed by atoms with Crippen LogP contribution in [-0.2, 0) is 21.4 Å². The monoisotopic (exact) mass is 444 g/mol. The van der Waals surface area contributed by atoms with Crippen LogP contribution in [0.1, 0.15) is 18.4 Å². The lowest BCUT2D eigenvalue weighted by molar-refractivity contribution is -0.126. The van der Waals surface area contributed by atoms with E-state index in [1.54, 1.807) is 25.4 Å². The number of methoxy groups -OCH3 is 1. The summed E-state index contributed by atoms with van der Waals surface area (Å²) in [6.07, 6.45) is 2.78. The molecular weight excluding hydrogens is 420 g/mol. The van der Waals surface area contributed by atoms with E-state index in [1.807, 2.05) is 24.3 Å². The van der Waals surface area contributed by atoms with E-state index in [4.69, 9.17) is 9.15 Å². The SMILES string of the molecule is COc1ccccc1CNC(=O)C1CCCN(S(=O)(=O)c2ccc(-c3ccn[nH]3)o2)C1. The van der Waals surface area contributed by atoms with Crippen LogP contribution in [0.5, 0.6) is 5.75 Å². The van der Waals surface area contributed by atoms with Gasteiger partial charge in [0, 0.05) is 31.4 Å². The Morgan fingerprint density at radius 1 is 1.29 bits per heavy atom. The number of rotatable bonds is 7. The van der Waals surface area contributed by atoms with Crippen LogP contribution >= 0.6 is 0 Å². The van der Waals surface area contributed by atoms with Crippen LogP contribution in [0.3, 0.4) is 0 Å². The zero-order chi connectivity index (χ0) is 21.8. The number of furan rings is 1. The fourth-order valence-electron chi connectivity index (χ4n) is 3.67. The van der Waals surface area contributed by atoms with Crippen molar-refractivity contribution in [3.8, 4) is 17.2 Å². The maximum atomic E-state index is 13.1. The Morgan fingerprint density at radius 3 is 2.90 bits per heavy atom. The number of benzene rings is 1. The van der Waals surface area contributed by atoms with Gasteiger partial charge in [0.1, 0.15) is 11.4 Å². The number of aromatic nitrogens is 2. The highest BCUT2D eigenvalue weighted by Crippen LogP contribution is 2.28. The number of H-pyrrole nitrogens is 1. The van der Waals surface area contributed by atoms with Gasteiger partial charge in [-0.25, -0.2) is 8.42 Å². The van der Waals surface area contributed by atoms with Crippen LogP contribution in [0, 0.1) is 5.92 Å². The summed E-state index contributed by atoms with van der Waals surface area (Å²) >= 11 is 0. The molecule has 1 aliphatic rings. The second-order valence-corrected chi connectivity index (χ2v) is 9.19. The smallest absolute Gasteiger partial charge is 0.276 e. The van der Waals surface area contributed by atoms with E-state index in [2.05, 4.69) is 15.5 Å². The van der Waals surface area contributed by atoms with Crippen LogP contribution in [0.4, 0.5) is 0 Å². The quantitative estimate of drug-likeness (QED) is 0.578. The lowest BCUT2D eigenvalue weighted by Crippen LogP contribution is -2.45. The normalized spacial score (nSPS) is 17.4. The zero-order valence-corrected chi connectivity index (χ0v) is 17.9.